The minimum atomic E-state index is -0.177. The van der Waals surface area contributed by atoms with E-state index < -0.39 is 0 Å². The zero-order chi connectivity index (χ0) is 11.5. The zero-order valence-corrected chi connectivity index (χ0v) is 9.08. The van der Waals surface area contributed by atoms with E-state index in [0.717, 1.165) is 0 Å². The van der Waals surface area contributed by atoms with Gasteiger partial charge in [-0.1, -0.05) is 0 Å². The third kappa shape index (κ3) is 1.76. The van der Waals surface area contributed by atoms with Gasteiger partial charge >= 0.3 is 0 Å². The highest BCUT2D eigenvalue weighted by Crippen LogP contribution is 2.38. The highest BCUT2D eigenvalue weighted by atomic mass is 16.6. The van der Waals surface area contributed by atoms with Crippen LogP contribution in [0.3, 0.4) is 0 Å². The van der Waals surface area contributed by atoms with Gasteiger partial charge in [0.05, 0.1) is 11.3 Å². The molecule has 1 amide bonds. The summed E-state index contributed by atoms with van der Waals surface area (Å²) in [5.74, 6) is 0.733. The highest BCUT2D eigenvalue weighted by Gasteiger charge is 2.22. The molecule has 0 saturated carbocycles. The Morgan fingerprint density at radius 1 is 1.38 bits per heavy atom. The molecule has 0 aliphatic carbocycles. The second kappa shape index (κ2) is 4.30. The number of nitrogens with two attached hydrogens (primary N) is 1. The van der Waals surface area contributed by atoms with Gasteiger partial charge in [-0.25, -0.2) is 0 Å². The molecule has 86 valence electrons. The Hall–Kier alpha value is -1.91. The number of carbonyl (C=O) groups excluding carboxylic acids is 1. The average Bonchev–Trinajstić information content (AvgIpc) is 2.30. The lowest BCUT2D eigenvalue weighted by atomic mass is 10.1. The third-order valence-electron chi connectivity index (χ3n) is 2.30. The van der Waals surface area contributed by atoms with Crippen LogP contribution in [0.15, 0.2) is 12.1 Å². The summed E-state index contributed by atoms with van der Waals surface area (Å²) < 4.78 is 10.8. The van der Waals surface area contributed by atoms with Crippen molar-refractivity contribution in [3.05, 3.63) is 17.7 Å². The molecule has 0 unspecified atom stereocenters. The minimum Gasteiger partial charge on any atom is -0.485 e. The molecule has 0 fully saturated rings. The van der Waals surface area contributed by atoms with Gasteiger partial charge in [0.25, 0.3) is 5.91 Å². The van der Waals surface area contributed by atoms with Crippen molar-refractivity contribution in [2.24, 2.45) is 0 Å². The summed E-state index contributed by atoms with van der Waals surface area (Å²) in [5, 5.41) is 2.72. The summed E-state index contributed by atoms with van der Waals surface area (Å²) in [4.78, 5) is 11.7. The summed E-state index contributed by atoms with van der Waals surface area (Å²) in [6.07, 6.45) is 0. The van der Waals surface area contributed by atoms with Crippen molar-refractivity contribution in [1.29, 1.82) is 0 Å². The SMILES string of the molecule is CCNC(=O)c1ccc(N)c2c1OCCO2. The number of benzene rings is 1. The Morgan fingerprint density at radius 2 is 2.06 bits per heavy atom. The third-order valence-corrected chi connectivity index (χ3v) is 2.30. The molecule has 3 N–H and O–H groups in total. The molecule has 0 saturated heterocycles. The van der Waals surface area contributed by atoms with Gasteiger partial charge in [0.2, 0.25) is 0 Å². The van der Waals surface area contributed by atoms with E-state index >= 15 is 0 Å². The standard InChI is InChI=1S/C11H14N2O3/c1-2-13-11(14)7-3-4-8(12)10-9(7)15-5-6-16-10/h3-4H,2,5-6,12H2,1H3,(H,13,14). The maximum Gasteiger partial charge on any atom is 0.255 e. The summed E-state index contributed by atoms with van der Waals surface area (Å²) in [7, 11) is 0. The van der Waals surface area contributed by atoms with Gasteiger partial charge in [-0.2, -0.15) is 0 Å². The lowest BCUT2D eigenvalue weighted by Gasteiger charge is -2.21. The lowest BCUT2D eigenvalue weighted by Crippen LogP contribution is -2.25. The summed E-state index contributed by atoms with van der Waals surface area (Å²) in [5.41, 5.74) is 6.70. The second-order valence-corrected chi connectivity index (χ2v) is 3.42. The highest BCUT2D eigenvalue weighted by molar-refractivity contribution is 5.98. The first-order valence-electron chi connectivity index (χ1n) is 5.20. The van der Waals surface area contributed by atoms with Crippen LogP contribution in [0.2, 0.25) is 0 Å². The smallest absolute Gasteiger partial charge is 0.255 e. The van der Waals surface area contributed by atoms with Crippen molar-refractivity contribution in [2.45, 2.75) is 6.92 Å². The Bertz CT molecular complexity index is 418. The van der Waals surface area contributed by atoms with Gasteiger partial charge in [-0.3, -0.25) is 4.79 Å². The van der Waals surface area contributed by atoms with Crippen LogP contribution in [0.4, 0.5) is 5.69 Å². The van der Waals surface area contributed by atoms with Crippen LogP contribution in [-0.2, 0) is 0 Å². The first kappa shape index (κ1) is 10.6. The molecule has 5 nitrogen and oxygen atoms in total. The molecule has 1 aromatic carbocycles. The molecule has 1 aromatic rings. The van der Waals surface area contributed by atoms with Crippen molar-refractivity contribution >= 4 is 11.6 Å². The van der Waals surface area contributed by atoms with Gasteiger partial charge in [-0.05, 0) is 19.1 Å². The predicted octanol–water partition coefficient (Wildman–Crippen LogP) is 0.790. The number of amides is 1. The molecule has 1 heterocycles. The van der Waals surface area contributed by atoms with Gasteiger partial charge in [-0.15, -0.1) is 0 Å². The molecule has 1 aliphatic rings. The molecular formula is C11H14N2O3. The number of nitrogen functional groups attached to an aromatic ring is 1. The van der Waals surface area contributed by atoms with E-state index in [2.05, 4.69) is 5.32 Å². The second-order valence-electron chi connectivity index (χ2n) is 3.42. The maximum atomic E-state index is 11.7. The summed E-state index contributed by atoms with van der Waals surface area (Å²) in [6, 6.07) is 3.30. The molecule has 0 spiro atoms. The Labute approximate surface area is 93.5 Å². The van der Waals surface area contributed by atoms with E-state index in [9.17, 15) is 4.79 Å². The normalized spacial score (nSPS) is 13.3. The fraction of sp³-hybridized carbons (Fsp3) is 0.364. The van der Waals surface area contributed by atoms with E-state index in [1.165, 1.54) is 0 Å². The molecular weight excluding hydrogens is 208 g/mol. The van der Waals surface area contributed by atoms with Crippen molar-refractivity contribution < 1.29 is 14.3 Å². The van der Waals surface area contributed by atoms with Crippen LogP contribution in [0.1, 0.15) is 17.3 Å². The average molecular weight is 222 g/mol. The fourth-order valence-corrected chi connectivity index (χ4v) is 1.59. The van der Waals surface area contributed by atoms with Gasteiger partial charge in [0.1, 0.15) is 13.2 Å². The number of hydrogen-bond acceptors (Lipinski definition) is 4. The lowest BCUT2D eigenvalue weighted by molar-refractivity contribution is 0.0945. The number of fused-ring (bicyclic) bond motifs is 1. The quantitative estimate of drug-likeness (QED) is 0.725. The molecule has 0 aromatic heterocycles. The number of carbonyl (C=O) groups is 1. The fourth-order valence-electron chi connectivity index (χ4n) is 1.59. The van der Waals surface area contributed by atoms with Crippen LogP contribution < -0.4 is 20.5 Å². The monoisotopic (exact) mass is 222 g/mol. The van der Waals surface area contributed by atoms with E-state index in [0.29, 0.717) is 42.5 Å². The molecule has 2 rings (SSSR count). The largest absolute Gasteiger partial charge is 0.485 e. The zero-order valence-electron chi connectivity index (χ0n) is 9.08. The Kier molecular flexibility index (Phi) is 2.85. The van der Waals surface area contributed by atoms with E-state index in [1.54, 1.807) is 12.1 Å². The van der Waals surface area contributed by atoms with Crippen molar-refractivity contribution in [1.82, 2.24) is 5.32 Å². The van der Waals surface area contributed by atoms with Crippen LogP contribution in [0.25, 0.3) is 0 Å². The van der Waals surface area contributed by atoms with Gasteiger partial charge in [0.15, 0.2) is 11.5 Å². The Balaban J connectivity index is 2.42. The predicted molar refractivity (Wildman–Crippen MR) is 59.9 cm³/mol. The topological polar surface area (TPSA) is 73.6 Å². The van der Waals surface area contributed by atoms with E-state index in [1.807, 2.05) is 6.92 Å². The van der Waals surface area contributed by atoms with Crippen molar-refractivity contribution in [3.63, 3.8) is 0 Å². The molecule has 0 atom stereocenters. The van der Waals surface area contributed by atoms with Crippen LogP contribution in [-0.4, -0.2) is 25.7 Å². The van der Waals surface area contributed by atoms with Gasteiger partial charge in [0, 0.05) is 6.54 Å². The molecule has 0 bridgehead atoms. The van der Waals surface area contributed by atoms with Crippen LogP contribution in [0, 0.1) is 0 Å². The number of anilines is 1. The first-order valence-corrected chi connectivity index (χ1v) is 5.20. The maximum absolute atomic E-state index is 11.7. The van der Waals surface area contributed by atoms with Crippen molar-refractivity contribution in [2.75, 3.05) is 25.5 Å². The van der Waals surface area contributed by atoms with Gasteiger partial charge < -0.3 is 20.5 Å². The summed E-state index contributed by atoms with van der Waals surface area (Å²) in [6.45, 7) is 3.32. The first-order chi connectivity index (χ1) is 7.74. The molecule has 5 heteroatoms. The van der Waals surface area contributed by atoms with Crippen molar-refractivity contribution in [3.8, 4) is 11.5 Å². The molecule has 0 radical (unpaired) electrons. The van der Waals surface area contributed by atoms with E-state index in [-0.39, 0.29) is 5.91 Å². The number of rotatable bonds is 2. The van der Waals surface area contributed by atoms with Crippen LogP contribution >= 0.6 is 0 Å². The minimum absolute atomic E-state index is 0.177. The van der Waals surface area contributed by atoms with Crippen LogP contribution in [0.5, 0.6) is 11.5 Å². The number of nitrogens with one attached hydrogen (secondary N) is 1. The number of hydrogen-bond donors (Lipinski definition) is 2. The Morgan fingerprint density at radius 3 is 2.75 bits per heavy atom. The van der Waals surface area contributed by atoms with E-state index in [4.69, 9.17) is 15.2 Å². The number of ether oxygens (including phenoxy) is 2. The molecule has 1 aliphatic heterocycles. The summed E-state index contributed by atoms with van der Waals surface area (Å²) >= 11 is 0. The molecule has 16 heavy (non-hydrogen) atoms.